The molecule has 2 aromatic heterocycles. The Labute approximate surface area is 151 Å². The molecule has 2 saturated heterocycles. The lowest BCUT2D eigenvalue weighted by molar-refractivity contribution is 0.0666. The first-order valence-corrected chi connectivity index (χ1v) is 9.59. The standard InChI is InChI=1S/C18H23N3O3S/c1-12-2-3-14(25-12)9-21-7-5-13-11-23-17(15(13)10-21)8-19-18(22)16-4-6-20-24-16/h2-4,6,13,15,17H,5,7-11H2,1H3,(H,19,22)/t13-,15-,17+/m0/s1. The largest absolute Gasteiger partial charge is 0.376 e. The molecule has 6 nitrogen and oxygen atoms in total. The highest BCUT2D eigenvalue weighted by molar-refractivity contribution is 7.11. The van der Waals surface area contributed by atoms with Crippen LogP contribution in [-0.2, 0) is 11.3 Å². The van der Waals surface area contributed by atoms with Gasteiger partial charge >= 0.3 is 0 Å². The van der Waals surface area contributed by atoms with Gasteiger partial charge in [-0.05, 0) is 37.9 Å². The van der Waals surface area contributed by atoms with Gasteiger partial charge in [-0.1, -0.05) is 5.16 Å². The SMILES string of the molecule is Cc1ccc(CN2CC[C@H]3CO[C@H](CNC(=O)c4ccno4)[C@H]3C2)s1. The van der Waals surface area contributed by atoms with Crippen LogP contribution in [0.2, 0.25) is 0 Å². The van der Waals surface area contributed by atoms with E-state index in [-0.39, 0.29) is 17.8 Å². The number of hydrogen-bond acceptors (Lipinski definition) is 6. The van der Waals surface area contributed by atoms with E-state index in [2.05, 4.69) is 34.4 Å². The van der Waals surface area contributed by atoms with Gasteiger partial charge < -0.3 is 14.6 Å². The summed E-state index contributed by atoms with van der Waals surface area (Å²) < 4.78 is 10.9. The summed E-state index contributed by atoms with van der Waals surface area (Å²) in [6, 6.07) is 5.98. The van der Waals surface area contributed by atoms with Crippen LogP contribution in [0.5, 0.6) is 0 Å². The fourth-order valence-corrected chi connectivity index (χ4v) is 4.79. The number of carbonyl (C=O) groups excluding carboxylic acids is 1. The summed E-state index contributed by atoms with van der Waals surface area (Å²) in [4.78, 5) is 17.3. The van der Waals surface area contributed by atoms with Crippen molar-refractivity contribution < 1.29 is 14.1 Å². The van der Waals surface area contributed by atoms with E-state index in [9.17, 15) is 4.79 Å². The number of ether oxygens (including phenoxy) is 1. The van der Waals surface area contributed by atoms with Crippen LogP contribution in [0.25, 0.3) is 0 Å². The number of carbonyl (C=O) groups is 1. The summed E-state index contributed by atoms with van der Waals surface area (Å²) >= 11 is 1.87. The van der Waals surface area contributed by atoms with E-state index in [1.165, 1.54) is 22.4 Å². The highest BCUT2D eigenvalue weighted by Gasteiger charge is 2.40. The van der Waals surface area contributed by atoms with E-state index in [4.69, 9.17) is 9.26 Å². The maximum absolute atomic E-state index is 12.0. The highest BCUT2D eigenvalue weighted by Crippen LogP contribution is 2.34. The van der Waals surface area contributed by atoms with E-state index in [1.807, 2.05) is 11.3 Å². The molecule has 0 spiro atoms. The van der Waals surface area contributed by atoms with Crippen molar-refractivity contribution in [1.29, 1.82) is 0 Å². The van der Waals surface area contributed by atoms with Gasteiger partial charge in [0.1, 0.15) is 0 Å². The molecule has 1 N–H and O–H groups in total. The van der Waals surface area contributed by atoms with Crippen molar-refractivity contribution in [3.05, 3.63) is 39.9 Å². The lowest BCUT2D eigenvalue weighted by Crippen LogP contribution is -2.44. The molecule has 2 fully saturated rings. The molecule has 2 aromatic rings. The van der Waals surface area contributed by atoms with E-state index >= 15 is 0 Å². The molecule has 0 radical (unpaired) electrons. The zero-order valence-electron chi connectivity index (χ0n) is 14.3. The van der Waals surface area contributed by atoms with Gasteiger partial charge in [0.05, 0.1) is 18.9 Å². The van der Waals surface area contributed by atoms with Crippen LogP contribution >= 0.6 is 11.3 Å². The summed E-state index contributed by atoms with van der Waals surface area (Å²) in [7, 11) is 0. The van der Waals surface area contributed by atoms with Crippen molar-refractivity contribution in [3.8, 4) is 0 Å². The maximum Gasteiger partial charge on any atom is 0.289 e. The first-order valence-electron chi connectivity index (χ1n) is 8.77. The van der Waals surface area contributed by atoms with Crippen LogP contribution in [0.15, 0.2) is 28.9 Å². The molecule has 1 amide bonds. The number of nitrogens with one attached hydrogen (secondary N) is 1. The van der Waals surface area contributed by atoms with E-state index in [0.717, 1.165) is 26.2 Å². The van der Waals surface area contributed by atoms with Gasteiger partial charge in [0.25, 0.3) is 5.91 Å². The van der Waals surface area contributed by atoms with Crippen molar-refractivity contribution in [3.63, 3.8) is 0 Å². The summed E-state index contributed by atoms with van der Waals surface area (Å²) in [5, 5.41) is 6.48. The molecule has 0 bridgehead atoms. The molecule has 2 aliphatic rings. The molecule has 7 heteroatoms. The molecular formula is C18H23N3O3S. The van der Waals surface area contributed by atoms with Crippen molar-refractivity contribution in [2.75, 3.05) is 26.2 Å². The smallest absolute Gasteiger partial charge is 0.289 e. The Hall–Kier alpha value is -1.70. The lowest BCUT2D eigenvalue weighted by Gasteiger charge is -2.35. The number of aryl methyl sites for hydroxylation is 1. The van der Waals surface area contributed by atoms with Gasteiger partial charge in [0, 0.05) is 41.4 Å². The number of fused-ring (bicyclic) bond motifs is 1. The molecule has 2 aliphatic heterocycles. The molecule has 0 aromatic carbocycles. The summed E-state index contributed by atoms with van der Waals surface area (Å²) in [5.41, 5.74) is 0. The molecule has 0 saturated carbocycles. The second kappa shape index (κ2) is 7.27. The average molecular weight is 361 g/mol. The maximum atomic E-state index is 12.0. The topological polar surface area (TPSA) is 67.6 Å². The normalized spacial score (nSPS) is 26.5. The third-order valence-electron chi connectivity index (χ3n) is 5.19. The third-order valence-corrected chi connectivity index (χ3v) is 6.18. The predicted molar refractivity (Wildman–Crippen MR) is 94.5 cm³/mol. The Bertz CT molecular complexity index is 715. The first kappa shape index (κ1) is 16.8. The molecule has 4 heterocycles. The Morgan fingerprint density at radius 1 is 1.44 bits per heavy atom. The third kappa shape index (κ3) is 3.78. The van der Waals surface area contributed by atoms with Gasteiger partial charge in [-0.3, -0.25) is 9.69 Å². The average Bonchev–Trinajstić information content (AvgIpc) is 3.34. The van der Waals surface area contributed by atoms with Crippen molar-refractivity contribution in [2.24, 2.45) is 11.8 Å². The highest BCUT2D eigenvalue weighted by atomic mass is 32.1. The lowest BCUT2D eigenvalue weighted by atomic mass is 9.84. The molecule has 4 rings (SSSR count). The summed E-state index contributed by atoms with van der Waals surface area (Å²) in [6.07, 6.45) is 2.72. The second-order valence-corrected chi connectivity index (χ2v) is 8.29. The predicted octanol–water partition coefficient (Wildman–Crippen LogP) is 2.31. The Morgan fingerprint density at radius 2 is 2.36 bits per heavy atom. The number of aromatic nitrogens is 1. The minimum Gasteiger partial charge on any atom is -0.376 e. The van der Waals surface area contributed by atoms with Crippen LogP contribution in [0.4, 0.5) is 0 Å². The molecule has 0 unspecified atom stereocenters. The monoisotopic (exact) mass is 361 g/mol. The number of likely N-dealkylation sites (tertiary alicyclic amines) is 1. The summed E-state index contributed by atoms with van der Waals surface area (Å²) in [5.74, 6) is 1.09. The number of nitrogens with zero attached hydrogens (tertiary/aromatic N) is 2. The van der Waals surface area contributed by atoms with E-state index in [1.54, 1.807) is 6.07 Å². The molecule has 25 heavy (non-hydrogen) atoms. The van der Waals surface area contributed by atoms with Crippen LogP contribution < -0.4 is 5.32 Å². The Morgan fingerprint density at radius 3 is 3.12 bits per heavy atom. The van der Waals surface area contributed by atoms with Gasteiger partial charge in [-0.25, -0.2) is 0 Å². The van der Waals surface area contributed by atoms with Gasteiger partial charge in [0.2, 0.25) is 5.76 Å². The van der Waals surface area contributed by atoms with Crippen LogP contribution in [0.1, 0.15) is 26.7 Å². The van der Waals surface area contributed by atoms with Crippen LogP contribution in [-0.4, -0.2) is 48.3 Å². The minimum absolute atomic E-state index is 0.0738. The number of hydrogen-bond donors (Lipinski definition) is 1. The zero-order valence-corrected chi connectivity index (χ0v) is 15.1. The van der Waals surface area contributed by atoms with Crippen molar-refractivity contribution in [1.82, 2.24) is 15.4 Å². The van der Waals surface area contributed by atoms with Crippen molar-refractivity contribution >= 4 is 17.2 Å². The quantitative estimate of drug-likeness (QED) is 0.885. The number of amides is 1. The molecule has 134 valence electrons. The van der Waals surface area contributed by atoms with Crippen molar-refractivity contribution in [2.45, 2.75) is 26.0 Å². The minimum atomic E-state index is -0.230. The Balaban J connectivity index is 1.32. The number of piperidine rings is 1. The Kier molecular flexibility index (Phi) is 4.87. The first-order chi connectivity index (χ1) is 12.2. The molecule has 0 aliphatic carbocycles. The second-order valence-electron chi connectivity index (χ2n) is 6.92. The van der Waals surface area contributed by atoms with Crippen LogP contribution in [0.3, 0.4) is 0 Å². The van der Waals surface area contributed by atoms with Gasteiger partial charge in [-0.15, -0.1) is 11.3 Å². The van der Waals surface area contributed by atoms with Gasteiger partial charge in [0.15, 0.2) is 0 Å². The fraction of sp³-hybridized carbons (Fsp3) is 0.556. The zero-order chi connectivity index (χ0) is 17.2. The summed E-state index contributed by atoms with van der Waals surface area (Å²) in [6.45, 7) is 6.65. The fourth-order valence-electron chi connectivity index (χ4n) is 3.86. The molecule has 3 atom stereocenters. The number of thiophene rings is 1. The van der Waals surface area contributed by atoms with E-state index < -0.39 is 0 Å². The molecular weight excluding hydrogens is 338 g/mol. The van der Waals surface area contributed by atoms with E-state index in [0.29, 0.717) is 18.4 Å². The number of rotatable bonds is 5. The van der Waals surface area contributed by atoms with Gasteiger partial charge in [-0.2, -0.15) is 0 Å². The van der Waals surface area contributed by atoms with Crippen LogP contribution in [0, 0.1) is 18.8 Å².